The standard InChI is InChI=1S/C22H32N2O2/c1-26-21-5-3-2-4-18(21)12-16-8-10-24(11-9-16)22(25)15-17-13-19-6-7-20(14-17)23-19/h2-5,16-17,19-20,23H,6-15H2,1H3. The van der Waals surface area contributed by atoms with Gasteiger partial charge < -0.3 is 15.0 Å². The number of rotatable bonds is 5. The number of fused-ring (bicyclic) bond motifs is 2. The highest BCUT2D eigenvalue weighted by Crippen LogP contribution is 2.33. The van der Waals surface area contributed by atoms with Crippen molar-refractivity contribution in [2.75, 3.05) is 20.2 Å². The first-order valence-electron chi connectivity index (χ1n) is 10.4. The van der Waals surface area contributed by atoms with E-state index in [2.05, 4.69) is 22.3 Å². The molecule has 1 N–H and O–H groups in total. The highest BCUT2D eigenvalue weighted by atomic mass is 16.5. The second kappa shape index (κ2) is 7.99. The Kier molecular flexibility index (Phi) is 5.49. The van der Waals surface area contributed by atoms with Gasteiger partial charge >= 0.3 is 0 Å². The maximum Gasteiger partial charge on any atom is 0.222 e. The van der Waals surface area contributed by atoms with Crippen LogP contribution >= 0.6 is 0 Å². The molecule has 3 fully saturated rings. The van der Waals surface area contributed by atoms with Crippen molar-refractivity contribution in [1.29, 1.82) is 0 Å². The lowest BCUT2D eigenvalue weighted by Crippen LogP contribution is -2.42. The summed E-state index contributed by atoms with van der Waals surface area (Å²) in [5.74, 6) is 2.65. The van der Waals surface area contributed by atoms with Gasteiger partial charge in [0.1, 0.15) is 5.75 Å². The van der Waals surface area contributed by atoms with Crippen LogP contribution in [0.15, 0.2) is 24.3 Å². The summed E-state index contributed by atoms with van der Waals surface area (Å²) in [6.07, 6.45) is 9.07. The number of methoxy groups -OCH3 is 1. The molecule has 0 radical (unpaired) electrons. The van der Waals surface area contributed by atoms with E-state index in [1.54, 1.807) is 7.11 Å². The topological polar surface area (TPSA) is 41.6 Å². The number of carbonyl (C=O) groups excluding carboxylic acids is 1. The van der Waals surface area contributed by atoms with Gasteiger partial charge in [-0.3, -0.25) is 4.79 Å². The molecule has 3 saturated heterocycles. The van der Waals surface area contributed by atoms with Gasteiger partial charge in [-0.25, -0.2) is 0 Å². The minimum atomic E-state index is 0.395. The molecule has 0 saturated carbocycles. The number of carbonyl (C=O) groups is 1. The lowest BCUT2D eigenvalue weighted by atomic mass is 9.87. The van der Waals surface area contributed by atoms with E-state index in [-0.39, 0.29) is 0 Å². The Hall–Kier alpha value is -1.55. The van der Waals surface area contributed by atoms with Crippen molar-refractivity contribution in [3.63, 3.8) is 0 Å². The molecular formula is C22H32N2O2. The predicted molar refractivity (Wildman–Crippen MR) is 103 cm³/mol. The van der Waals surface area contributed by atoms with Gasteiger partial charge in [0.05, 0.1) is 7.11 Å². The van der Waals surface area contributed by atoms with Crippen LogP contribution in [0, 0.1) is 11.8 Å². The van der Waals surface area contributed by atoms with Gasteiger partial charge in [0.15, 0.2) is 0 Å². The molecule has 3 aliphatic rings. The molecule has 3 heterocycles. The molecular weight excluding hydrogens is 324 g/mol. The molecule has 0 aliphatic carbocycles. The van der Waals surface area contributed by atoms with Gasteiger partial charge in [-0.05, 0) is 68.4 Å². The van der Waals surface area contributed by atoms with Gasteiger partial charge in [-0.1, -0.05) is 18.2 Å². The summed E-state index contributed by atoms with van der Waals surface area (Å²) in [5.41, 5.74) is 1.30. The summed E-state index contributed by atoms with van der Waals surface area (Å²) in [7, 11) is 1.74. The molecule has 2 bridgehead atoms. The average Bonchev–Trinajstić information content (AvgIpc) is 3.01. The van der Waals surface area contributed by atoms with Crippen molar-refractivity contribution in [3.8, 4) is 5.75 Å². The molecule has 142 valence electrons. The van der Waals surface area contributed by atoms with E-state index < -0.39 is 0 Å². The molecule has 26 heavy (non-hydrogen) atoms. The molecule has 4 heteroatoms. The van der Waals surface area contributed by atoms with E-state index in [0.29, 0.717) is 29.8 Å². The van der Waals surface area contributed by atoms with Crippen molar-refractivity contribution in [2.45, 2.75) is 63.5 Å². The Balaban J connectivity index is 1.25. The average molecular weight is 357 g/mol. The van der Waals surface area contributed by atoms with Gasteiger partial charge in [0.2, 0.25) is 5.91 Å². The third-order valence-electron chi connectivity index (χ3n) is 6.70. The quantitative estimate of drug-likeness (QED) is 0.879. The van der Waals surface area contributed by atoms with Gasteiger partial charge in [-0.2, -0.15) is 0 Å². The minimum Gasteiger partial charge on any atom is -0.496 e. The first kappa shape index (κ1) is 17.8. The predicted octanol–water partition coefficient (Wildman–Crippen LogP) is 3.40. The maximum absolute atomic E-state index is 12.8. The van der Waals surface area contributed by atoms with E-state index in [4.69, 9.17) is 4.74 Å². The molecule has 4 nitrogen and oxygen atoms in total. The highest BCUT2D eigenvalue weighted by Gasteiger charge is 2.35. The van der Waals surface area contributed by atoms with Crippen molar-refractivity contribution < 1.29 is 9.53 Å². The lowest BCUT2D eigenvalue weighted by Gasteiger charge is -2.34. The second-order valence-corrected chi connectivity index (χ2v) is 8.52. The Morgan fingerprint density at radius 3 is 2.46 bits per heavy atom. The van der Waals surface area contributed by atoms with E-state index in [1.165, 1.54) is 31.2 Å². The number of benzene rings is 1. The molecule has 3 aliphatic heterocycles. The normalized spacial score (nSPS) is 29.0. The van der Waals surface area contributed by atoms with Crippen molar-refractivity contribution >= 4 is 5.91 Å². The zero-order valence-corrected chi connectivity index (χ0v) is 16.0. The number of piperidine rings is 2. The van der Waals surface area contributed by atoms with Crippen LogP contribution in [0.2, 0.25) is 0 Å². The zero-order chi connectivity index (χ0) is 17.9. The van der Waals surface area contributed by atoms with Gasteiger partial charge in [0, 0.05) is 31.6 Å². The molecule has 0 spiro atoms. The zero-order valence-electron chi connectivity index (χ0n) is 16.0. The molecule has 0 aromatic heterocycles. The van der Waals surface area contributed by atoms with Crippen LogP contribution in [-0.4, -0.2) is 43.1 Å². The van der Waals surface area contributed by atoms with Crippen LogP contribution in [0.4, 0.5) is 0 Å². The van der Waals surface area contributed by atoms with Crippen LogP contribution in [0.5, 0.6) is 5.75 Å². The molecule has 2 atom stereocenters. The number of likely N-dealkylation sites (tertiary alicyclic amines) is 1. The van der Waals surface area contributed by atoms with Crippen molar-refractivity contribution in [1.82, 2.24) is 10.2 Å². The third kappa shape index (κ3) is 4.06. The number of para-hydroxylation sites is 1. The molecule has 2 unspecified atom stereocenters. The maximum atomic E-state index is 12.8. The Bertz CT molecular complexity index is 612. The number of hydrogen-bond donors (Lipinski definition) is 1. The Morgan fingerprint density at radius 2 is 1.77 bits per heavy atom. The van der Waals surface area contributed by atoms with Crippen molar-refractivity contribution in [2.24, 2.45) is 11.8 Å². The number of hydrogen-bond acceptors (Lipinski definition) is 3. The van der Waals surface area contributed by atoms with E-state index in [9.17, 15) is 4.79 Å². The summed E-state index contributed by atoms with van der Waals surface area (Å²) >= 11 is 0. The first-order valence-corrected chi connectivity index (χ1v) is 10.4. The van der Waals surface area contributed by atoms with E-state index in [1.807, 2.05) is 12.1 Å². The van der Waals surface area contributed by atoms with Crippen LogP contribution in [0.1, 0.15) is 50.5 Å². The van der Waals surface area contributed by atoms with Gasteiger partial charge in [-0.15, -0.1) is 0 Å². The highest BCUT2D eigenvalue weighted by molar-refractivity contribution is 5.76. The number of amides is 1. The Labute approximate surface area is 157 Å². The summed E-state index contributed by atoms with van der Waals surface area (Å²) in [5, 5.41) is 3.68. The lowest BCUT2D eigenvalue weighted by molar-refractivity contribution is -0.133. The second-order valence-electron chi connectivity index (χ2n) is 8.52. The largest absolute Gasteiger partial charge is 0.496 e. The van der Waals surface area contributed by atoms with Crippen LogP contribution in [0.25, 0.3) is 0 Å². The van der Waals surface area contributed by atoms with Crippen LogP contribution in [-0.2, 0) is 11.2 Å². The minimum absolute atomic E-state index is 0.395. The molecule has 1 aromatic carbocycles. The SMILES string of the molecule is COc1ccccc1CC1CCN(C(=O)CC2CC3CCC(C2)N3)CC1. The molecule has 1 aromatic rings. The fourth-order valence-corrected chi connectivity index (χ4v) is 5.29. The monoisotopic (exact) mass is 356 g/mol. The fraction of sp³-hybridized carbons (Fsp3) is 0.682. The van der Waals surface area contributed by atoms with Crippen LogP contribution in [0.3, 0.4) is 0 Å². The number of nitrogens with one attached hydrogen (secondary N) is 1. The fourth-order valence-electron chi connectivity index (χ4n) is 5.29. The first-order chi connectivity index (χ1) is 12.7. The van der Waals surface area contributed by atoms with E-state index >= 15 is 0 Å². The smallest absolute Gasteiger partial charge is 0.222 e. The molecule has 1 amide bonds. The summed E-state index contributed by atoms with van der Waals surface area (Å²) in [6, 6.07) is 9.68. The van der Waals surface area contributed by atoms with Crippen LogP contribution < -0.4 is 10.1 Å². The molecule has 4 rings (SSSR count). The number of ether oxygens (including phenoxy) is 1. The Morgan fingerprint density at radius 1 is 1.08 bits per heavy atom. The van der Waals surface area contributed by atoms with Gasteiger partial charge in [0.25, 0.3) is 0 Å². The van der Waals surface area contributed by atoms with E-state index in [0.717, 1.165) is 44.5 Å². The summed E-state index contributed by atoms with van der Waals surface area (Å²) in [4.78, 5) is 14.9. The third-order valence-corrected chi connectivity index (χ3v) is 6.70. The summed E-state index contributed by atoms with van der Waals surface area (Å²) in [6.45, 7) is 1.85. The summed E-state index contributed by atoms with van der Waals surface area (Å²) < 4.78 is 5.48. The van der Waals surface area contributed by atoms with Crippen molar-refractivity contribution in [3.05, 3.63) is 29.8 Å². The number of nitrogens with zero attached hydrogens (tertiary/aromatic N) is 1.